The lowest BCUT2D eigenvalue weighted by atomic mass is 10.1. The van der Waals surface area contributed by atoms with Gasteiger partial charge in [-0.15, -0.1) is 11.6 Å². The number of aliphatic carboxylic acids is 1. The number of hydrogen-bond acceptors (Lipinski definition) is 3. The maximum Gasteiger partial charge on any atom is 0.303 e. The zero-order chi connectivity index (χ0) is 15.2. The molecule has 1 heterocycles. The zero-order valence-electron chi connectivity index (χ0n) is 12.7. The number of piperidine rings is 1. The lowest BCUT2D eigenvalue weighted by Gasteiger charge is -2.24. The van der Waals surface area contributed by atoms with Gasteiger partial charge in [0.2, 0.25) is 0 Å². The fourth-order valence-electron chi connectivity index (χ4n) is 2.11. The van der Waals surface area contributed by atoms with E-state index in [0.29, 0.717) is 6.42 Å². The highest BCUT2D eigenvalue weighted by Crippen LogP contribution is 2.16. The molecule has 2 N–H and O–H groups in total. The highest BCUT2D eigenvalue weighted by atomic mass is 35.5. The molecule has 0 spiro atoms. The average Bonchev–Trinajstić information content (AvgIpc) is 2.42. The van der Waals surface area contributed by atoms with E-state index in [0.717, 1.165) is 38.6 Å². The Morgan fingerprint density at radius 2 is 1.75 bits per heavy atom. The topological polar surface area (TPSA) is 60.8 Å². The predicted octanol–water partition coefficient (Wildman–Crippen LogP) is 4.64. The van der Waals surface area contributed by atoms with E-state index in [1.165, 1.54) is 37.2 Å². The van der Waals surface area contributed by atoms with Crippen LogP contribution in [0, 0.1) is 0 Å². The van der Waals surface area contributed by atoms with E-state index in [4.69, 9.17) is 21.9 Å². The van der Waals surface area contributed by atoms with Crippen molar-refractivity contribution in [2.45, 2.75) is 83.1 Å². The van der Waals surface area contributed by atoms with Gasteiger partial charge in [-0.2, -0.15) is 5.06 Å². The van der Waals surface area contributed by atoms with Crippen LogP contribution < -0.4 is 0 Å². The monoisotopic (exact) mass is 307 g/mol. The van der Waals surface area contributed by atoms with Crippen LogP contribution in [0.4, 0.5) is 0 Å². The average molecular weight is 308 g/mol. The lowest BCUT2D eigenvalue weighted by molar-refractivity contribution is -0.137. The smallest absolute Gasteiger partial charge is 0.303 e. The van der Waals surface area contributed by atoms with Gasteiger partial charge in [0.1, 0.15) is 5.50 Å². The van der Waals surface area contributed by atoms with E-state index in [1.807, 2.05) is 0 Å². The quantitative estimate of drug-likeness (QED) is 0.389. The van der Waals surface area contributed by atoms with Gasteiger partial charge in [-0.1, -0.05) is 45.4 Å². The number of alkyl halides is 1. The van der Waals surface area contributed by atoms with Crippen molar-refractivity contribution < 1.29 is 15.1 Å². The molecule has 1 saturated heterocycles. The third-order valence-electron chi connectivity index (χ3n) is 3.40. The molecule has 0 saturated carbocycles. The first kappa shape index (κ1) is 19.7. The number of carboxylic acids is 1. The Morgan fingerprint density at radius 3 is 2.20 bits per heavy atom. The third kappa shape index (κ3) is 12.7. The lowest BCUT2D eigenvalue weighted by Crippen LogP contribution is -2.32. The minimum Gasteiger partial charge on any atom is -0.481 e. The first-order chi connectivity index (χ1) is 9.57. The Balaban J connectivity index is 0.000000388. The molecule has 1 rings (SSSR count). The van der Waals surface area contributed by atoms with Crippen molar-refractivity contribution in [2.75, 3.05) is 6.54 Å². The summed E-state index contributed by atoms with van der Waals surface area (Å²) >= 11 is 5.64. The molecular formula is C15H30ClNO3. The van der Waals surface area contributed by atoms with Gasteiger partial charge in [-0.25, -0.2) is 0 Å². The molecule has 0 aliphatic carbocycles. The molecule has 0 aromatic carbocycles. The van der Waals surface area contributed by atoms with Gasteiger partial charge < -0.3 is 10.3 Å². The normalized spacial score (nSPS) is 19.2. The Labute approximate surface area is 128 Å². The zero-order valence-corrected chi connectivity index (χ0v) is 13.4. The number of rotatable bonds is 8. The Kier molecular flexibility index (Phi) is 13.4. The minimum absolute atomic E-state index is 0.135. The van der Waals surface area contributed by atoms with Crippen molar-refractivity contribution in [3.63, 3.8) is 0 Å². The Morgan fingerprint density at radius 1 is 1.15 bits per heavy atom. The van der Waals surface area contributed by atoms with Crippen molar-refractivity contribution in [3.05, 3.63) is 0 Å². The molecule has 0 aromatic heterocycles. The number of nitrogens with zero attached hydrogens (tertiary/aromatic N) is 1. The van der Waals surface area contributed by atoms with Crippen molar-refractivity contribution in [2.24, 2.45) is 0 Å². The van der Waals surface area contributed by atoms with Crippen LogP contribution in [0.25, 0.3) is 0 Å². The van der Waals surface area contributed by atoms with E-state index in [1.54, 1.807) is 0 Å². The van der Waals surface area contributed by atoms with Gasteiger partial charge in [-0.05, 0) is 25.7 Å². The number of carboxylic acid groups (broad SMARTS) is 1. The van der Waals surface area contributed by atoms with Crippen LogP contribution in [0.5, 0.6) is 0 Å². The van der Waals surface area contributed by atoms with E-state index in [2.05, 4.69) is 6.92 Å². The van der Waals surface area contributed by atoms with Crippen molar-refractivity contribution in [3.8, 4) is 0 Å². The highest BCUT2D eigenvalue weighted by molar-refractivity contribution is 6.20. The molecule has 1 aliphatic rings. The van der Waals surface area contributed by atoms with Gasteiger partial charge >= 0.3 is 5.97 Å². The van der Waals surface area contributed by atoms with Crippen molar-refractivity contribution in [1.29, 1.82) is 0 Å². The van der Waals surface area contributed by atoms with Crippen molar-refractivity contribution in [1.82, 2.24) is 5.06 Å². The minimum atomic E-state index is -0.663. The van der Waals surface area contributed by atoms with Gasteiger partial charge in [0.15, 0.2) is 0 Å². The molecule has 120 valence electrons. The third-order valence-corrected chi connectivity index (χ3v) is 3.84. The summed E-state index contributed by atoms with van der Waals surface area (Å²) in [7, 11) is 0. The summed E-state index contributed by atoms with van der Waals surface area (Å²) in [4.78, 5) is 10.1. The van der Waals surface area contributed by atoms with Crippen LogP contribution in [0.15, 0.2) is 0 Å². The molecular weight excluding hydrogens is 278 g/mol. The number of hydroxylamine groups is 2. The highest BCUT2D eigenvalue weighted by Gasteiger charge is 2.16. The second-order valence-electron chi connectivity index (χ2n) is 5.36. The molecule has 1 atom stereocenters. The molecule has 1 aliphatic heterocycles. The molecule has 0 radical (unpaired) electrons. The molecule has 5 heteroatoms. The first-order valence-corrected chi connectivity index (χ1v) is 8.33. The molecule has 1 unspecified atom stereocenters. The largest absolute Gasteiger partial charge is 0.481 e. The van der Waals surface area contributed by atoms with Gasteiger partial charge in [0, 0.05) is 13.0 Å². The Bertz CT molecular complexity index is 229. The summed E-state index contributed by atoms with van der Waals surface area (Å²) in [5, 5.41) is 18.4. The van der Waals surface area contributed by atoms with E-state index >= 15 is 0 Å². The number of hydrogen-bond donors (Lipinski definition) is 2. The second kappa shape index (κ2) is 13.7. The molecule has 4 nitrogen and oxygen atoms in total. The summed E-state index contributed by atoms with van der Waals surface area (Å²) in [5.41, 5.74) is -0.135. The van der Waals surface area contributed by atoms with Gasteiger partial charge in [-0.3, -0.25) is 4.79 Å². The van der Waals surface area contributed by atoms with Crippen LogP contribution >= 0.6 is 11.6 Å². The summed E-state index contributed by atoms with van der Waals surface area (Å²) in [6.45, 7) is 2.93. The van der Waals surface area contributed by atoms with Crippen LogP contribution in [0.2, 0.25) is 0 Å². The van der Waals surface area contributed by atoms with Crippen LogP contribution in [-0.2, 0) is 4.79 Å². The predicted molar refractivity (Wildman–Crippen MR) is 82.2 cm³/mol. The number of carbonyl (C=O) groups is 1. The fraction of sp³-hybridized carbons (Fsp3) is 0.933. The van der Waals surface area contributed by atoms with Gasteiger partial charge in [0.25, 0.3) is 0 Å². The standard InChI is InChI=1S/C10H20O2.C5H10ClNO/c1-2-3-4-5-6-7-8-9-10(11)12;6-5-3-1-2-4-7(5)8/h2-9H2,1H3,(H,11,12);5,8H,1-4H2. The van der Waals surface area contributed by atoms with E-state index in [-0.39, 0.29) is 5.50 Å². The maximum absolute atomic E-state index is 10.1. The van der Waals surface area contributed by atoms with Crippen molar-refractivity contribution >= 4 is 17.6 Å². The van der Waals surface area contributed by atoms with Crippen LogP contribution in [-0.4, -0.2) is 33.4 Å². The molecule has 0 aromatic rings. The number of unbranched alkanes of at least 4 members (excludes halogenated alkanes) is 6. The summed E-state index contributed by atoms with van der Waals surface area (Å²) in [5.74, 6) is -0.663. The van der Waals surface area contributed by atoms with E-state index < -0.39 is 5.97 Å². The second-order valence-corrected chi connectivity index (χ2v) is 5.86. The van der Waals surface area contributed by atoms with Crippen LogP contribution in [0.3, 0.4) is 0 Å². The molecule has 0 bridgehead atoms. The molecule has 0 amide bonds. The van der Waals surface area contributed by atoms with E-state index in [9.17, 15) is 4.79 Å². The summed E-state index contributed by atoms with van der Waals surface area (Å²) in [6.07, 6.45) is 11.8. The van der Waals surface area contributed by atoms with Gasteiger partial charge in [0.05, 0.1) is 0 Å². The number of halogens is 1. The SMILES string of the molecule is CCCCCCCCCC(=O)O.ON1CCCCC1Cl. The summed E-state index contributed by atoms with van der Waals surface area (Å²) < 4.78 is 0. The summed E-state index contributed by atoms with van der Waals surface area (Å²) in [6, 6.07) is 0. The first-order valence-electron chi connectivity index (χ1n) is 7.89. The maximum atomic E-state index is 10.1. The fourth-order valence-corrected chi connectivity index (χ4v) is 2.36. The Hall–Kier alpha value is -0.320. The van der Waals surface area contributed by atoms with Crippen LogP contribution in [0.1, 0.15) is 77.6 Å². The molecule has 20 heavy (non-hydrogen) atoms. The molecule has 1 fully saturated rings.